The van der Waals surface area contributed by atoms with Crippen LogP contribution in [0.15, 0.2) is 0 Å². The molecule has 0 radical (unpaired) electrons. The molecule has 2 amide bonds. The van der Waals surface area contributed by atoms with Crippen LogP contribution in [0.3, 0.4) is 0 Å². The largest absolute Gasteiger partial charge is 0.481 e. The number of hydrogen-bond donors (Lipinski definition) is 3. The van der Waals surface area contributed by atoms with Gasteiger partial charge in [0, 0.05) is 24.1 Å². The van der Waals surface area contributed by atoms with Gasteiger partial charge in [-0.15, -0.1) is 0 Å². The molecule has 3 N–H and O–H groups in total. The molecule has 1 aliphatic heterocycles. The molecule has 0 spiro atoms. The smallest absolute Gasteiger partial charge is 0.314 e. The lowest BCUT2D eigenvalue weighted by Crippen LogP contribution is -2.37. The van der Waals surface area contributed by atoms with Gasteiger partial charge in [-0.05, 0) is 19.3 Å². The zero-order valence-corrected chi connectivity index (χ0v) is 11.9. The molecule has 104 valence electrons. The molecule has 0 aromatic rings. The second-order valence-corrected chi connectivity index (χ2v) is 6.94. The van der Waals surface area contributed by atoms with Crippen molar-refractivity contribution in [2.75, 3.05) is 18.8 Å². The van der Waals surface area contributed by atoms with E-state index in [1.807, 2.05) is 21.6 Å². The number of carboxylic acids is 1. The van der Waals surface area contributed by atoms with Gasteiger partial charge in [0.2, 0.25) is 0 Å². The van der Waals surface area contributed by atoms with Crippen LogP contribution in [0.2, 0.25) is 0 Å². The first-order valence-corrected chi connectivity index (χ1v) is 8.58. The fourth-order valence-corrected chi connectivity index (χ4v) is 4.64. The Morgan fingerprint density at radius 3 is 2.67 bits per heavy atom. The average Bonchev–Trinajstić information content (AvgIpc) is 2.81. The molecule has 1 fully saturated rings. The molecule has 1 saturated heterocycles. The second kappa shape index (κ2) is 9.38. The molecule has 0 bridgehead atoms. The fraction of sp³-hybridized carbons (Fsp3) is 0.818. The first-order chi connectivity index (χ1) is 8.68. The summed E-state index contributed by atoms with van der Waals surface area (Å²) in [6, 6.07) is -0.276. The van der Waals surface area contributed by atoms with Crippen LogP contribution in [-0.2, 0) is 4.79 Å². The summed E-state index contributed by atoms with van der Waals surface area (Å²) in [5, 5.41) is 14.4. The van der Waals surface area contributed by atoms with Gasteiger partial charge in [0.15, 0.2) is 0 Å². The Bertz CT molecular complexity index is 271. The van der Waals surface area contributed by atoms with E-state index in [1.54, 1.807) is 0 Å². The number of aliphatic carboxylic acids is 1. The molecule has 1 heterocycles. The van der Waals surface area contributed by atoms with Crippen molar-refractivity contribution in [3.05, 3.63) is 0 Å². The number of carboxylic acid groups (broad SMARTS) is 1. The molecule has 1 rings (SSSR count). The highest BCUT2D eigenvalue weighted by atomic mass is 33.1. The number of unbranched alkanes of at least 4 members (excludes halogenated alkanes) is 1. The SMILES string of the molecule is O=C(O)CCNC(=O)NCCCCC1CCSS1. The van der Waals surface area contributed by atoms with E-state index in [4.69, 9.17) is 5.11 Å². The van der Waals surface area contributed by atoms with Gasteiger partial charge in [0.05, 0.1) is 6.42 Å². The fourth-order valence-electron chi connectivity index (χ4n) is 1.61. The van der Waals surface area contributed by atoms with E-state index in [0.29, 0.717) is 6.54 Å². The summed E-state index contributed by atoms with van der Waals surface area (Å²) in [5.41, 5.74) is 0. The number of nitrogens with one attached hydrogen (secondary N) is 2. The highest BCUT2D eigenvalue weighted by Gasteiger charge is 2.15. The summed E-state index contributed by atoms with van der Waals surface area (Å²) >= 11 is 0. The molecule has 0 aliphatic carbocycles. The van der Waals surface area contributed by atoms with Crippen LogP contribution in [0.1, 0.15) is 32.1 Å². The maximum Gasteiger partial charge on any atom is 0.314 e. The summed E-state index contributed by atoms with van der Waals surface area (Å²) in [7, 11) is 3.93. The Hall–Kier alpha value is -0.560. The van der Waals surface area contributed by atoms with Gasteiger partial charge < -0.3 is 15.7 Å². The molecule has 1 aliphatic rings. The van der Waals surface area contributed by atoms with E-state index >= 15 is 0 Å². The first-order valence-electron chi connectivity index (χ1n) is 6.20. The number of hydrogen-bond acceptors (Lipinski definition) is 4. The summed E-state index contributed by atoms with van der Waals surface area (Å²) in [4.78, 5) is 21.5. The molecular weight excluding hydrogens is 272 g/mol. The molecule has 1 atom stereocenters. The monoisotopic (exact) mass is 292 g/mol. The van der Waals surface area contributed by atoms with Crippen molar-refractivity contribution in [1.29, 1.82) is 0 Å². The van der Waals surface area contributed by atoms with E-state index in [1.165, 1.54) is 18.6 Å². The van der Waals surface area contributed by atoms with Crippen LogP contribution in [-0.4, -0.2) is 41.2 Å². The summed E-state index contributed by atoms with van der Waals surface area (Å²) < 4.78 is 0. The molecular formula is C11H20N2O3S2. The van der Waals surface area contributed by atoms with Crippen LogP contribution in [0.5, 0.6) is 0 Å². The minimum Gasteiger partial charge on any atom is -0.481 e. The van der Waals surface area contributed by atoms with Crippen LogP contribution in [0, 0.1) is 0 Å². The molecule has 0 aromatic heterocycles. The van der Waals surface area contributed by atoms with Gasteiger partial charge in [0.25, 0.3) is 0 Å². The zero-order valence-electron chi connectivity index (χ0n) is 10.3. The third-order valence-electron chi connectivity index (χ3n) is 2.59. The van der Waals surface area contributed by atoms with E-state index < -0.39 is 5.97 Å². The van der Waals surface area contributed by atoms with Gasteiger partial charge in [-0.1, -0.05) is 28.0 Å². The summed E-state index contributed by atoms with van der Waals surface area (Å²) in [6.45, 7) is 0.834. The number of carbonyl (C=O) groups is 2. The van der Waals surface area contributed by atoms with Gasteiger partial charge >= 0.3 is 12.0 Å². The third-order valence-corrected chi connectivity index (χ3v) is 5.60. The Kier molecular flexibility index (Phi) is 8.08. The topological polar surface area (TPSA) is 78.4 Å². The van der Waals surface area contributed by atoms with Crippen LogP contribution >= 0.6 is 21.6 Å². The molecule has 5 nitrogen and oxygen atoms in total. The predicted octanol–water partition coefficient (Wildman–Crippen LogP) is 2.08. The van der Waals surface area contributed by atoms with Crippen molar-refractivity contribution in [2.24, 2.45) is 0 Å². The Morgan fingerprint density at radius 2 is 2.00 bits per heavy atom. The van der Waals surface area contributed by atoms with Gasteiger partial charge in [-0.25, -0.2) is 4.79 Å². The lowest BCUT2D eigenvalue weighted by atomic mass is 10.1. The second-order valence-electron chi connectivity index (χ2n) is 4.15. The minimum atomic E-state index is -0.901. The number of carbonyl (C=O) groups excluding carboxylic acids is 1. The highest BCUT2D eigenvalue weighted by molar-refractivity contribution is 8.77. The normalized spacial score (nSPS) is 18.6. The standard InChI is InChI=1S/C11H20N2O3S2/c14-10(15)4-7-13-11(16)12-6-2-1-3-9-5-8-17-18-9/h9H,1-8H2,(H,14,15)(H2,12,13,16). The van der Waals surface area contributed by atoms with Crippen LogP contribution in [0.4, 0.5) is 4.79 Å². The van der Waals surface area contributed by atoms with Crippen molar-refractivity contribution >= 4 is 33.6 Å². The molecule has 0 aromatic carbocycles. The van der Waals surface area contributed by atoms with Crippen molar-refractivity contribution in [3.63, 3.8) is 0 Å². The van der Waals surface area contributed by atoms with Crippen molar-refractivity contribution in [1.82, 2.24) is 10.6 Å². The maximum absolute atomic E-state index is 11.2. The molecule has 7 heteroatoms. The number of rotatable bonds is 8. The van der Waals surface area contributed by atoms with E-state index in [-0.39, 0.29) is 19.0 Å². The van der Waals surface area contributed by atoms with Crippen molar-refractivity contribution < 1.29 is 14.7 Å². The molecule has 1 unspecified atom stereocenters. The lowest BCUT2D eigenvalue weighted by molar-refractivity contribution is -0.136. The molecule has 18 heavy (non-hydrogen) atoms. The number of amides is 2. The zero-order chi connectivity index (χ0) is 13.2. The van der Waals surface area contributed by atoms with E-state index in [0.717, 1.165) is 18.1 Å². The van der Waals surface area contributed by atoms with E-state index in [2.05, 4.69) is 10.6 Å². The van der Waals surface area contributed by atoms with Gasteiger partial charge in [-0.3, -0.25) is 4.79 Å². The highest BCUT2D eigenvalue weighted by Crippen LogP contribution is 2.39. The third kappa shape index (κ3) is 7.71. The predicted molar refractivity (Wildman–Crippen MR) is 76.0 cm³/mol. The van der Waals surface area contributed by atoms with Gasteiger partial charge in [-0.2, -0.15) is 0 Å². The van der Waals surface area contributed by atoms with E-state index in [9.17, 15) is 9.59 Å². The lowest BCUT2D eigenvalue weighted by Gasteiger charge is -2.08. The first kappa shape index (κ1) is 15.5. The van der Waals surface area contributed by atoms with Crippen molar-refractivity contribution in [2.45, 2.75) is 37.4 Å². The Morgan fingerprint density at radius 1 is 1.22 bits per heavy atom. The summed E-state index contributed by atoms with van der Waals surface area (Å²) in [5.74, 6) is 0.363. The van der Waals surface area contributed by atoms with Crippen molar-refractivity contribution in [3.8, 4) is 0 Å². The minimum absolute atomic E-state index is 0.0377. The van der Waals surface area contributed by atoms with Gasteiger partial charge in [0.1, 0.15) is 0 Å². The molecule has 0 saturated carbocycles. The Balaban J connectivity index is 1.87. The van der Waals surface area contributed by atoms with Crippen LogP contribution in [0.25, 0.3) is 0 Å². The average molecular weight is 292 g/mol. The number of urea groups is 1. The quantitative estimate of drug-likeness (QED) is 0.471. The van der Waals surface area contributed by atoms with Crippen LogP contribution < -0.4 is 10.6 Å². The Labute approximate surface area is 115 Å². The summed E-state index contributed by atoms with van der Waals surface area (Å²) in [6.07, 6.45) is 4.60. The maximum atomic E-state index is 11.2.